The maximum atomic E-state index is 12.6. The molecule has 1 aromatic carbocycles. The summed E-state index contributed by atoms with van der Waals surface area (Å²) in [4.78, 5) is 11.4. The minimum Gasteiger partial charge on any atom is -0.383 e. The number of aryl methyl sites for hydroxylation is 1. The Balaban J connectivity index is 0.00000312. The summed E-state index contributed by atoms with van der Waals surface area (Å²) in [5.74, 6) is -0.241. The van der Waals surface area contributed by atoms with Gasteiger partial charge in [-0.2, -0.15) is 0 Å². The predicted molar refractivity (Wildman–Crippen MR) is 99.8 cm³/mol. The fourth-order valence-electron chi connectivity index (χ4n) is 2.88. The van der Waals surface area contributed by atoms with Crippen LogP contribution in [-0.4, -0.2) is 46.7 Å². The summed E-state index contributed by atoms with van der Waals surface area (Å²) in [6.07, 6.45) is 1.84. The van der Waals surface area contributed by atoms with E-state index in [2.05, 4.69) is 15.4 Å². The van der Waals surface area contributed by atoms with Gasteiger partial charge in [0, 0.05) is 26.3 Å². The zero-order valence-electron chi connectivity index (χ0n) is 14.7. The summed E-state index contributed by atoms with van der Waals surface area (Å²) in [7, 11) is -2.07. The van der Waals surface area contributed by atoms with E-state index in [-0.39, 0.29) is 35.3 Å². The molecule has 0 saturated carbocycles. The third-order valence-corrected chi connectivity index (χ3v) is 5.58. The molecule has 1 fully saturated rings. The number of hydrogen-bond acceptors (Lipinski definition) is 5. The summed E-state index contributed by atoms with van der Waals surface area (Å²) < 4.78 is 33.1. The average Bonchev–Trinajstić information content (AvgIpc) is 2.96. The van der Waals surface area contributed by atoms with Gasteiger partial charge in [-0.25, -0.2) is 13.1 Å². The lowest BCUT2D eigenvalue weighted by Gasteiger charge is -2.28. The van der Waals surface area contributed by atoms with E-state index >= 15 is 0 Å². The van der Waals surface area contributed by atoms with E-state index in [9.17, 15) is 13.2 Å². The normalized spacial score (nSPS) is 20.1. The molecule has 0 aromatic heterocycles. The fraction of sp³-hybridized carbons (Fsp3) is 0.562. The first-order chi connectivity index (χ1) is 11.3. The molecule has 0 aliphatic carbocycles. The topological polar surface area (TPSA) is 96.5 Å². The van der Waals surface area contributed by atoms with Crippen molar-refractivity contribution in [2.75, 3.05) is 32.1 Å². The lowest BCUT2D eigenvalue weighted by atomic mass is 9.99. The highest BCUT2D eigenvalue weighted by molar-refractivity contribution is 7.89. The summed E-state index contributed by atoms with van der Waals surface area (Å²) >= 11 is 0. The van der Waals surface area contributed by atoms with E-state index in [4.69, 9.17) is 4.74 Å². The number of methoxy groups -OCH3 is 1. The Hall–Kier alpha value is -1.19. The van der Waals surface area contributed by atoms with Crippen LogP contribution < -0.4 is 15.4 Å². The second-order valence-electron chi connectivity index (χ2n) is 6.23. The van der Waals surface area contributed by atoms with E-state index in [0.717, 1.165) is 24.9 Å². The molecule has 0 spiro atoms. The molecule has 1 aromatic rings. The standard InChI is InChI=1S/C16H25N3O4S.ClH/c1-12-5-6-14(9-15(12)19-13(2)20)24(21,22)18-10-16(11-23-3)7-4-8-17-16;/h5-6,9,17-18H,4,7-8,10-11H2,1-3H3,(H,19,20);1H. The van der Waals surface area contributed by atoms with Crippen molar-refractivity contribution in [3.63, 3.8) is 0 Å². The van der Waals surface area contributed by atoms with Crippen molar-refractivity contribution in [3.05, 3.63) is 23.8 Å². The largest absolute Gasteiger partial charge is 0.383 e. The van der Waals surface area contributed by atoms with Gasteiger partial charge in [-0.15, -0.1) is 12.4 Å². The number of nitrogens with one attached hydrogen (secondary N) is 3. The van der Waals surface area contributed by atoms with Crippen molar-refractivity contribution in [2.24, 2.45) is 0 Å². The van der Waals surface area contributed by atoms with Crippen molar-refractivity contribution in [2.45, 2.75) is 37.1 Å². The Morgan fingerprint density at radius 3 is 2.68 bits per heavy atom. The molecule has 1 unspecified atom stereocenters. The van der Waals surface area contributed by atoms with Crippen LogP contribution in [0.3, 0.4) is 0 Å². The first-order valence-electron chi connectivity index (χ1n) is 7.90. The number of ether oxygens (including phenoxy) is 1. The van der Waals surface area contributed by atoms with E-state index in [1.165, 1.54) is 19.1 Å². The van der Waals surface area contributed by atoms with Crippen LogP contribution in [0.15, 0.2) is 23.1 Å². The molecule has 142 valence electrons. The number of hydrogen-bond donors (Lipinski definition) is 3. The highest BCUT2D eigenvalue weighted by Crippen LogP contribution is 2.22. The van der Waals surface area contributed by atoms with Crippen LogP contribution in [0.5, 0.6) is 0 Å². The number of carbonyl (C=O) groups excluding carboxylic acids is 1. The van der Waals surface area contributed by atoms with Gasteiger partial charge in [-0.1, -0.05) is 6.07 Å². The first-order valence-corrected chi connectivity index (χ1v) is 9.38. The SMILES string of the molecule is COCC1(CNS(=O)(=O)c2ccc(C)c(NC(C)=O)c2)CCCN1.Cl. The Labute approximate surface area is 155 Å². The Morgan fingerprint density at radius 1 is 1.40 bits per heavy atom. The molecule has 1 amide bonds. The smallest absolute Gasteiger partial charge is 0.240 e. The van der Waals surface area contributed by atoms with Gasteiger partial charge in [-0.3, -0.25) is 4.79 Å². The molecule has 0 bridgehead atoms. The predicted octanol–water partition coefficient (Wildman–Crippen LogP) is 1.42. The van der Waals surface area contributed by atoms with Gasteiger partial charge in [0.25, 0.3) is 0 Å². The average molecular weight is 392 g/mol. The summed E-state index contributed by atoms with van der Waals surface area (Å²) in [6, 6.07) is 4.69. The van der Waals surface area contributed by atoms with Crippen LogP contribution >= 0.6 is 12.4 Å². The zero-order valence-corrected chi connectivity index (χ0v) is 16.4. The highest BCUT2D eigenvalue weighted by atomic mass is 35.5. The quantitative estimate of drug-likeness (QED) is 0.653. The van der Waals surface area contributed by atoms with Crippen LogP contribution in [-0.2, 0) is 19.6 Å². The molecular weight excluding hydrogens is 366 g/mol. The molecule has 1 aliphatic heterocycles. The van der Waals surface area contributed by atoms with E-state index < -0.39 is 10.0 Å². The number of anilines is 1. The summed E-state index contributed by atoms with van der Waals surface area (Å²) in [5.41, 5.74) is 0.931. The van der Waals surface area contributed by atoms with Gasteiger partial charge in [0.2, 0.25) is 15.9 Å². The number of halogens is 1. The van der Waals surface area contributed by atoms with Crippen molar-refractivity contribution in [3.8, 4) is 0 Å². The van der Waals surface area contributed by atoms with Crippen LogP contribution in [0.25, 0.3) is 0 Å². The number of amides is 1. The van der Waals surface area contributed by atoms with Gasteiger partial charge >= 0.3 is 0 Å². The Bertz CT molecular complexity index is 703. The van der Waals surface area contributed by atoms with Gasteiger partial charge in [0.15, 0.2) is 0 Å². The van der Waals surface area contributed by atoms with Crippen molar-refractivity contribution in [1.82, 2.24) is 10.0 Å². The molecule has 3 N–H and O–H groups in total. The Kier molecular flexibility index (Phi) is 7.83. The number of benzene rings is 1. The molecule has 1 saturated heterocycles. The first kappa shape index (κ1) is 21.9. The lowest BCUT2D eigenvalue weighted by Crippen LogP contribution is -2.52. The zero-order chi connectivity index (χ0) is 17.8. The monoisotopic (exact) mass is 391 g/mol. The lowest BCUT2D eigenvalue weighted by molar-refractivity contribution is -0.114. The van der Waals surface area contributed by atoms with E-state index in [1.54, 1.807) is 13.2 Å². The number of rotatable bonds is 7. The molecule has 0 radical (unpaired) electrons. The van der Waals surface area contributed by atoms with E-state index in [0.29, 0.717) is 12.3 Å². The van der Waals surface area contributed by atoms with Gasteiger partial charge in [0.1, 0.15) is 0 Å². The van der Waals surface area contributed by atoms with Crippen LogP contribution in [0, 0.1) is 6.92 Å². The Morgan fingerprint density at radius 2 is 2.12 bits per heavy atom. The molecule has 1 atom stereocenters. The fourth-order valence-corrected chi connectivity index (χ4v) is 4.03. The molecule has 1 heterocycles. The van der Waals surface area contributed by atoms with Crippen molar-refractivity contribution < 1.29 is 17.9 Å². The van der Waals surface area contributed by atoms with Gasteiger partial charge < -0.3 is 15.4 Å². The van der Waals surface area contributed by atoms with Gasteiger partial charge in [0.05, 0.1) is 17.0 Å². The second-order valence-corrected chi connectivity index (χ2v) is 7.99. The molecule has 9 heteroatoms. The van der Waals surface area contributed by atoms with Crippen LogP contribution in [0.2, 0.25) is 0 Å². The summed E-state index contributed by atoms with van der Waals surface area (Å²) in [5, 5.41) is 5.98. The van der Waals surface area contributed by atoms with Crippen molar-refractivity contribution >= 4 is 34.0 Å². The number of sulfonamides is 1. The van der Waals surface area contributed by atoms with Crippen LogP contribution in [0.1, 0.15) is 25.3 Å². The molecule has 7 nitrogen and oxygen atoms in total. The maximum absolute atomic E-state index is 12.6. The van der Waals surface area contributed by atoms with Crippen LogP contribution in [0.4, 0.5) is 5.69 Å². The minimum absolute atomic E-state index is 0. The summed E-state index contributed by atoms with van der Waals surface area (Å²) in [6.45, 7) is 4.75. The molecular formula is C16H26ClN3O4S. The molecule has 25 heavy (non-hydrogen) atoms. The molecule has 2 rings (SSSR count). The third-order valence-electron chi connectivity index (χ3n) is 4.18. The van der Waals surface area contributed by atoms with Crippen molar-refractivity contribution in [1.29, 1.82) is 0 Å². The second kappa shape index (κ2) is 8.95. The maximum Gasteiger partial charge on any atom is 0.240 e. The van der Waals surface area contributed by atoms with E-state index in [1.807, 2.05) is 6.92 Å². The highest BCUT2D eigenvalue weighted by Gasteiger charge is 2.34. The molecule has 1 aliphatic rings. The third kappa shape index (κ3) is 5.65. The van der Waals surface area contributed by atoms with Gasteiger partial charge in [-0.05, 0) is 44.0 Å². The number of carbonyl (C=O) groups is 1. The minimum atomic E-state index is -3.68.